The topological polar surface area (TPSA) is 74.6 Å². The quantitative estimate of drug-likeness (QED) is 0.891. The van der Waals surface area contributed by atoms with Crippen LogP contribution in [0.4, 0.5) is 0 Å². The van der Waals surface area contributed by atoms with Gasteiger partial charge in [-0.15, -0.1) is 11.3 Å². The second-order valence-electron chi connectivity index (χ2n) is 3.77. The van der Waals surface area contributed by atoms with Crippen molar-refractivity contribution < 1.29 is 19.8 Å². The highest BCUT2D eigenvalue weighted by molar-refractivity contribution is 7.13. The summed E-state index contributed by atoms with van der Waals surface area (Å²) in [5, 5.41) is 20.1. The highest BCUT2D eigenvalue weighted by Gasteiger charge is 2.21. The van der Waals surface area contributed by atoms with Gasteiger partial charge < -0.3 is 10.2 Å². The van der Waals surface area contributed by atoms with E-state index in [4.69, 9.17) is 5.11 Å². The first kappa shape index (κ1) is 12.3. The van der Waals surface area contributed by atoms with Crippen molar-refractivity contribution in [3.63, 3.8) is 0 Å². The van der Waals surface area contributed by atoms with Crippen molar-refractivity contribution in [2.75, 3.05) is 0 Å². The second-order valence-corrected chi connectivity index (χ2v) is 4.69. The van der Waals surface area contributed by atoms with Crippen LogP contribution >= 0.6 is 11.3 Å². The number of carboxylic acid groups (broad SMARTS) is 2. The first-order valence-electron chi connectivity index (χ1n) is 5.16. The SMILES string of the molecule is Cc1ccsc1-c1cccc(C(=O)O)c1C(=O)O. The average Bonchev–Trinajstić information content (AvgIpc) is 2.74. The molecule has 2 rings (SSSR count). The standard InChI is InChI=1S/C13H10O4S/c1-7-5-6-18-11(7)8-3-2-4-9(12(14)15)10(8)13(16)17/h2-6H,1H3,(H,14,15)(H,16,17). The summed E-state index contributed by atoms with van der Waals surface area (Å²) in [6.07, 6.45) is 0. The van der Waals surface area contributed by atoms with E-state index in [2.05, 4.69) is 0 Å². The molecule has 1 heterocycles. The van der Waals surface area contributed by atoms with Gasteiger partial charge in [0.25, 0.3) is 0 Å². The van der Waals surface area contributed by atoms with Gasteiger partial charge in [-0.1, -0.05) is 12.1 Å². The molecule has 0 bridgehead atoms. The van der Waals surface area contributed by atoms with Crippen LogP contribution in [0.3, 0.4) is 0 Å². The van der Waals surface area contributed by atoms with E-state index in [9.17, 15) is 14.7 Å². The molecule has 0 unspecified atom stereocenters. The Morgan fingerprint density at radius 1 is 1.11 bits per heavy atom. The molecular formula is C13H10O4S. The smallest absolute Gasteiger partial charge is 0.337 e. The van der Waals surface area contributed by atoms with Gasteiger partial charge in [-0.3, -0.25) is 0 Å². The Labute approximate surface area is 107 Å². The monoisotopic (exact) mass is 262 g/mol. The molecule has 0 aliphatic rings. The van der Waals surface area contributed by atoms with Gasteiger partial charge in [0.2, 0.25) is 0 Å². The molecule has 0 amide bonds. The first-order valence-corrected chi connectivity index (χ1v) is 6.04. The Kier molecular flexibility index (Phi) is 3.16. The summed E-state index contributed by atoms with van der Waals surface area (Å²) in [6, 6.07) is 6.37. The third-order valence-corrected chi connectivity index (χ3v) is 3.67. The number of carbonyl (C=O) groups is 2. The summed E-state index contributed by atoms with van der Waals surface area (Å²) >= 11 is 1.40. The van der Waals surface area contributed by atoms with Crippen molar-refractivity contribution in [1.29, 1.82) is 0 Å². The highest BCUT2D eigenvalue weighted by atomic mass is 32.1. The van der Waals surface area contributed by atoms with Crippen LogP contribution in [-0.2, 0) is 0 Å². The molecule has 0 radical (unpaired) electrons. The maximum absolute atomic E-state index is 11.3. The van der Waals surface area contributed by atoms with E-state index in [0.29, 0.717) is 5.56 Å². The zero-order valence-corrected chi connectivity index (χ0v) is 10.3. The number of hydrogen-bond donors (Lipinski definition) is 2. The summed E-state index contributed by atoms with van der Waals surface area (Å²) in [7, 11) is 0. The van der Waals surface area contributed by atoms with E-state index in [1.54, 1.807) is 12.1 Å². The van der Waals surface area contributed by atoms with Crippen molar-refractivity contribution in [2.24, 2.45) is 0 Å². The third-order valence-electron chi connectivity index (χ3n) is 2.62. The van der Waals surface area contributed by atoms with Crippen LogP contribution in [0, 0.1) is 6.92 Å². The normalized spacial score (nSPS) is 10.3. The lowest BCUT2D eigenvalue weighted by Crippen LogP contribution is -2.09. The second kappa shape index (κ2) is 4.62. The maximum atomic E-state index is 11.3. The van der Waals surface area contributed by atoms with Crippen molar-refractivity contribution >= 4 is 23.3 Å². The number of thiophene rings is 1. The van der Waals surface area contributed by atoms with E-state index >= 15 is 0 Å². The Hall–Kier alpha value is -2.14. The van der Waals surface area contributed by atoms with Crippen LogP contribution in [0.2, 0.25) is 0 Å². The van der Waals surface area contributed by atoms with Gasteiger partial charge >= 0.3 is 11.9 Å². The summed E-state index contributed by atoms with van der Waals surface area (Å²) in [5.41, 5.74) is 1.04. The minimum absolute atomic E-state index is 0.157. The van der Waals surface area contributed by atoms with Crippen LogP contribution in [0.1, 0.15) is 26.3 Å². The molecule has 0 saturated heterocycles. The van der Waals surface area contributed by atoms with Gasteiger partial charge in [-0.05, 0) is 30.0 Å². The van der Waals surface area contributed by atoms with E-state index < -0.39 is 11.9 Å². The Morgan fingerprint density at radius 2 is 1.83 bits per heavy atom. The molecule has 5 heteroatoms. The van der Waals surface area contributed by atoms with Gasteiger partial charge in [0.05, 0.1) is 11.1 Å². The number of hydrogen-bond acceptors (Lipinski definition) is 3. The van der Waals surface area contributed by atoms with Crippen LogP contribution < -0.4 is 0 Å². The molecule has 0 aliphatic heterocycles. The minimum Gasteiger partial charge on any atom is -0.478 e. The van der Waals surface area contributed by atoms with E-state index in [-0.39, 0.29) is 11.1 Å². The molecule has 0 spiro atoms. The van der Waals surface area contributed by atoms with Crippen molar-refractivity contribution in [1.82, 2.24) is 0 Å². The Morgan fingerprint density at radius 3 is 2.33 bits per heavy atom. The zero-order chi connectivity index (χ0) is 13.3. The van der Waals surface area contributed by atoms with Crippen LogP contribution in [0.25, 0.3) is 10.4 Å². The lowest BCUT2D eigenvalue weighted by atomic mass is 9.98. The molecule has 1 aromatic heterocycles. The van der Waals surface area contributed by atoms with E-state index in [1.165, 1.54) is 17.4 Å². The number of carboxylic acids is 2. The van der Waals surface area contributed by atoms with Crippen LogP contribution in [0.5, 0.6) is 0 Å². The van der Waals surface area contributed by atoms with E-state index in [0.717, 1.165) is 10.4 Å². The molecule has 92 valence electrons. The fourth-order valence-corrected chi connectivity index (χ4v) is 2.76. The van der Waals surface area contributed by atoms with Gasteiger partial charge in [-0.2, -0.15) is 0 Å². The fraction of sp³-hybridized carbons (Fsp3) is 0.0769. The van der Waals surface area contributed by atoms with E-state index in [1.807, 2.05) is 18.4 Å². The summed E-state index contributed by atoms with van der Waals surface area (Å²) in [4.78, 5) is 23.2. The molecule has 2 aromatic rings. The fourth-order valence-electron chi connectivity index (χ4n) is 1.80. The van der Waals surface area contributed by atoms with Crippen molar-refractivity contribution in [3.8, 4) is 10.4 Å². The number of aryl methyl sites for hydroxylation is 1. The summed E-state index contributed by atoms with van der Waals surface area (Å²) in [5.74, 6) is -2.46. The molecule has 0 fully saturated rings. The minimum atomic E-state index is -1.23. The molecular weight excluding hydrogens is 252 g/mol. The molecule has 0 saturated carbocycles. The summed E-state index contributed by atoms with van der Waals surface area (Å²) in [6.45, 7) is 1.87. The molecule has 18 heavy (non-hydrogen) atoms. The predicted molar refractivity (Wildman–Crippen MR) is 68.4 cm³/mol. The molecule has 1 aromatic carbocycles. The van der Waals surface area contributed by atoms with Crippen LogP contribution in [0.15, 0.2) is 29.6 Å². The average molecular weight is 262 g/mol. The van der Waals surface area contributed by atoms with Crippen LogP contribution in [-0.4, -0.2) is 22.2 Å². The Balaban J connectivity index is 2.76. The zero-order valence-electron chi connectivity index (χ0n) is 9.51. The van der Waals surface area contributed by atoms with Gasteiger partial charge in [-0.25, -0.2) is 9.59 Å². The van der Waals surface area contributed by atoms with Gasteiger partial charge in [0, 0.05) is 10.4 Å². The predicted octanol–water partition coefficient (Wildman–Crippen LogP) is 3.12. The molecule has 2 N–H and O–H groups in total. The summed E-state index contributed by atoms with van der Waals surface area (Å²) < 4.78 is 0. The molecule has 0 atom stereocenters. The van der Waals surface area contributed by atoms with Gasteiger partial charge in [0.1, 0.15) is 0 Å². The first-order chi connectivity index (χ1) is 8.52. The Bertz CT molecular complexity index is 628. The number of aromatic carboxylic acids is 2. The third kappa shape index (κ3) is 2.00. The maximum Gasteiger partial charge on any atom is 0.337 e. The lowest BCUT2D eigenvalue weighted by Gasteiger charge is -2.08. The molecule has 4 nitrogen and oxygen atoms in total. The number of rotatable bonds is 3. The van der Waals surface area contributed by atoms with Crippen molar-refractivity contribution in [2.45, 2.75) is 6.92 Å². The highest BCUT2D eigenvalue weighted by Crippen LogP contribution is 2.33. The largest absolute Gasteiger partial charge is 0.478 e. The van der Waals surface area contributed by atoms with Crippen molar-refractivity contribution in [3.05, 3.63) is 46.3 Å². The molecule has 0 aliphatic carbocycles. The lowest BCUT2D eigenvalue weighted by molar-refractivity contribution is 0.0652. The van der Waals surface area contributed by atoms with Gasteiger partial charge in [0.15, 0.2) is 0 Å². The number of benzene rings is 1.